The summed E-state index contributed by atoms with van der Waals surface area (Å²) in [7, 11) is 0. The van der Waals surface area contributed by atoms with Gasteiger partial charge in [0.05, 0.1) is 0 Å². The van der Waals surface area contributed by atoms with E-state index in [1.807, 2.05) is 24.3 Å². The van der Waals surface area contributed by atoms with Crippen LogP contribution in [0.15, 0.2) is 57.9 Å². The Morgan fingerprint density at radius 3 is 2.22 bits per heavy atom. The number of carbonyl (C=O) groups is 2. The Hall–Kier alpha value is -1.79. The fourth-order valence-corrected chi connectivity index (χ4v) is 3.40. The van der Waals surface area contributed by atoms with Crippen molar-refractivity contribution in [3.63, 3.8) is 0 Å². The van der Waals surface area contributed by atoms with Gasteiger partial charge in [-0.3, -0.25) is 9.59 Å². The Kier molecular flexibility index (Phi) is 6.67. The summed E-state index contributed by atoms with van der Waals surface area (Å²) in [5.74, 6) is 0.557. The molecule has 2 aromatic rings. The van der Waals surface area contributed by atoms with Gasteiger partial charge in [0, 0.05) is 39.8 Å². The second-order valence-electron chi connectivity index (χ2n) is 4.84. The zero-order valence-corrected chi connectivity index (χ0v) is 15.0. The van der Waals surface area contributed by atoms with Crippen molar-refractivity contribution in [3.8, 4) is 0 Å². The van der Waals surface area contributed by atoms with Crippen molar-refractivity contribution in [2.24, 2.45) is 0 Å². The number of halogens is 1. The van der Waals surface area contributed by atoms with Gasteiger partial charge < -0.3 is 10.6 Å². The second kappa shape index (κ2) is 8.74. The summed E-state index contributed by atoms with van der Waals surface area (Å²) in [6, 6.07) is 15.0. The molecule has 0 fully saturated rings. The lowest BCUT2D eigenvalue weighted by atomic mass is 10.2. The zero-order valence-electron chi connectivity index (χ0n) is 12.6. The van der Waals surface area contributed by atoms with Gasteiger partial charge in [0.2, 0.25) is 11.8 Å². The molecule has 0 radical (unpaired) electrons. The van der Waals surface area contributed by atoms with E-state index in [9.17, 15) is 9.59 Å². The number of hydrogen-bond donors (Lipinski definition) is 2. The van der Waals surface area contributed by atoms with Gasteiger partial charge >= 0.3 is 0 Å². The van der Waals surface area contributed by atoms with Gasteiger partial charge in [-0.2, -0.15) is 0 Å². The Morgan fingerprint density at radius 1 is 1.00 bits per heavy atom. The topological polar surface area (TPSA) is 58.2 Å². The third-order valence-corrected chi connectivity index (χ3v) is 4.94. The summed E-state index contributed by atoms with van der Waals surface area (Å²) in [6.45, 7) is 1.46. The highest BCUT2D eigenvalue weighted by Gasteiger charge is 2.05. The SMILES string of the molecule is CC(=O)Nc1ccc(NC(=O)CCSc2ccccc2Br)cc1. The number of thioether (sulfide) groups is 1. The molecular formula is C17H17BrN2O2S. The molecule has 2 amide bonds. The van der Waals surface area contributed by atoms with Crippen LogP contribution in [0.4, 0.5) is 11.4 Å². The first-order valence-corrected chi connectivity index (χ1v) is 8.87. The minimum Gasteiger partial charge on any atom is -0.326 e. The first-order chi connectivity index (χ1) is 11.0. The van der Waals surface area contributed by atoms with Crippen LogP contribution < -0.4 is 10.6 Å². The van der Waals surface area contributed by atoms with E-state index in [0.29, 0.717) is 17.9 Å². The summed E-state index contributed by atoms with van der Waals surface area (Å²) < 4.78 is 1.04. The van der Waals surface area contributed by atoms with Gasteiger partial charge in [-0.05, 0) is 52.3 Å². The van der Waals surface area contributed by atoms with Crippen LogP contribution in [0.3, 0.4) is 0 Å². The van der Waals surface area contributed by atoms with E-state index in [4.69, 9.17) is 0 Å². The first-order valence-electron chi connectivity index (χ1n) is 7.09. The van der Waals surface area contributed by atoms with Crippen molar-refractivity contribution in [1.29, 1.82) is 0 Å². The Labute approximate surface area is 148 Å². The molecule has 0 spiro atoms. The Balaban J connectivity index is 1.78. The maximum atomic E-state index is 11.9. The third-order valence-electron chi connectivity index (χ3n) is 2.91. The van der Waals surface area contributed by atoms with Gasteiger partial charge in [-0.1, -0.05) is 12.1 Å². The lowest BCUT2D eigenvalue weighted by Gasteiger charge is -2.07. The van der Waals surface area contributed by atoms with Crippen LogP contribution in [0.1, 0.15) is 13.3 Å². The van der Waals surface area contributed by atoms with Gasteiger partial charge in [-0.15, -0.1) is 11.8 Å². The summed E-state index contributed by atoms with van der Waals surface area (Å²) >= 11 is 5.13. The maximum Gasteiger partial charge on any atom is 0.225 e. The average molecular weight is 393 g/mol. The molecule has 0 saturated heterocycles. The molecule has 0 aliphatic heterocycles. The first kappa shape index (κ1) is 17.6. The Morgan fingerprint density at radius 2 is 1.61 bits per heavy atom. The molecule has 4 nitrogen and oxygen atoms in total. The van der Waals surface area contributed by atoms with E-state index in [1.165, 1.54) is 6.92 Å². The summed E-state index contributed by atoms with van der Waals surface area (Å²) in [5.41, 5.74) is 1.43. The molecule has 120 valence electrons. The van der Waals surface area contributed by atoms with Crippen molar-refractivity contribution in [3.05, 3.63) is 53.0 Å². The summed E-state index contributed by atoms with van der Waals surface area (Å²) in [5, 5.41) is 5.53. The van der Waals surface area contributed by atoms with E-state index < -0.39 is 0 Å². The quantitative estimate of drug-likeness (QED) is 0.709. The monoisotopic (exact) mass is 392 g/mol. The molecule has 0 aliphatic carbocycles. The van der Waals surface area contributed by atoms with Crippen LogP contribution in [0, 0.1) is 0 Å². The predicted octanol–water partition coefficient (Wildman–Crippen LogP) is 4.53. The smallest absolute Gasteiger partial charge is 0.225 e. The molecule has 0 heterocycles. The Bertz CT molecular complexity index is 689. The van der Waals surface area contributed by atoms with E-state index >= 15 is 0 Å². The van der Waals surface area contributed by atoms with Crippen molar-refractivity contribution in [2.45, 2.75) is 18.2 Å². The summed E-state index contributed by atoms with van der Waals surface area (Å²) in [6.07, 6.45) is 0.430. The molecule has 2 aromatic carbocycles. The molecule has 0 bridgehead atoms. The highest BCUT2D eigenvalue weighted by molar-refractivity contribution is 9.10. The number of benzene rings is 2. The van der Waals surface area contributed by atoms with E-state index in [-0.39, 0.29) is 11.8 Å². The van der Waals surface area contributed by atoms with E-state index in [2.05, 4.69) is 26.6 Å². The molecule has 0 aliphatic rings. The molecule has 0 aromatic heterocycles. The predicted molar refractivity (Wildman–Crippen MR) is 98.9 cm³/mol. The highest BCUT2D eigenvalue weighted by atomic mass is 79.9. The van der Waals surface area contributed by atoms with E-state index in [0.717, 1.165) is 15.1 Å². The fraction of sp³-hybridized carbons (Fsp3) is 0.176. The fourth-order valence-electron chi connectivity index (χ4n) is 1.88. The molecule has 0 unspecified atom stereocenters. The van der Waals surface area contributed by atoms with Crippen molar-refractivity contribution in [2.75, 3.05) is 16.4 Å². The molecule has 6 heteroatoms. The van der Waals surface area contributed by atoms with Crippen molar-refractivity contribution >= 4 is 50.9 Å². The van der Waals surface area contributed by atoms with Crippen LogP contribution in [-0.2, 0) is 9.59 Å². The lowest BCUT2D eigenvalue weighted by molar-refractivity contribution is -0.116. The highest BCUT2D eigenvalue weighted by Crippen LogP contribution is 2.27. The van der Waals surface area contributed by atoms with Gasteiger partial charge in [0.15, 0.2) is 0 Å². The van der Waals surface area contributed by atoms with Crippen LogP contribution in [0.25, 0.3) is 0 Å². The van der Waals surface area contributed by atoms with Crippen molar-refractivity contribution < 1.29 is 9.59 Å². The van der Waals surface area contributed by atoms with Crippen LogP contribution in [0.5, 0.6) is 0 Å². The molecule has 23 heavy (non-hydrogen) atoms. The molecule has 0 saturated carbocycles. The number of carbonyl (C=O) groups excluding carboxylic acids is 2. The normalized spacial score (nSPS) is 10.2. The standard InChI is InChI=1S/C17H17BrN2O2S/c1-12(21)19-13-6-8-14(9-7-13)20-17(22)10-11-23-16-5-3-2-4-15(16)18/h2-9H,10-11H2,1H3,(H,19,21)(H,20,22). The van der Waals surface area contributed by atoms with Crippen molar-refractivity contribution in [1.82, 2.24) is 0 Å². The van der Waals surface area contributed by atoms with Gasteiger partial charge in [0.1, 0.15) is 0 Å². The minimum absolute atomic E-state index is 0.0307. The maximum absolute atomic E-state index is 11.9. The number of rotatable bonds is 6. The molecular weight excluding hydrogens is 376 g/mol. The van der Waals surface area contributed by atoms with Gasteiger partial charge in [-0.25, -0.2) is 0 Å². The second-order valence-corrected chi connectivity index (χ2v) is 6.83. The average Bonchev–Trinajstić information content (AvgIpc) is 2.51. The number of hydrogen-bond acceptors (Lipinski definition) is 3. The van der Waals surface area contributed by atoms with Gasteiger partial charge in [0.25, 0.3) is 0 Å². The minimum atomic E-state index is -0.120. The van der Waals surface area contributed by atoms with E-state index in [1.54, 1.807) is 36.0 Å². The van der Waals surface area contributed by atoms with Crippen LogP contribution in [-0.4, -0.2) is 17.6 Å². The lowest BCUT2D eigenvalue weighted by Crippen LogP contribution is -2.12. The number of anilines is 2. The number of nitrogens with one attached hydrogen (secondary N) is 2. The largest absolute Gasteiger partial charge is 0.326 e. The van der Waals surface area contributed by atoms with Crippen LogP contribution in [0.2, 0.25) is 0 Å². The number of amides is 2. The summed E-state index contributed by atoms with van der Waals surface area (Å²) in [4.78, 5) is 24.0. The van der Waals surface area contributed by atoms with Crippen LogP contribution >= 0.6 is 27.7 Å². The molecule has 2 rings (SSSR count). The zero-order chi connectivity index (χ0) is 16.7. The molecule has 0 atom stereocenters. The third kappa shape index (κ3) is 6.08. The molecule has 2 N–H and O–H groups in total.